The van der Waals surface area contributed by atoms with Gasteiger partial charge in [0, 0.05) is 5.56 Å². The van der Waals surface area contributed by atoms with Gasteiger partial charge in [0.05, 0.1) is 12.0 Å². The monoisotopic (exact) mass is 330 g/mol. The number of carbonyl (C=O) groups is 1. The van der Waals surface area contributed by atoms with E-state index in [-0.39, 0.29) is 5.78 Å². The quantitative estimate of drug-likeness (QED) is 0.623. The fraction of sp³-hybridized carbons (Fsp3) is 0.174. The predicted octanol–water partition coefficient (Wildman–Crippen LogP) is 5.30. The fourth-order valence-corrected chi connectivity index (χ4v) is 3.10. The molecule has 0 heterocycles. The number of ketones is 1. The molecule has 0 spiro atoms. The van der Waals surface area contributed by atoms with Gasteiger partial charge >= 0.3 is 0 Å². The zero-order chi connectivity index (χ0) is 17.6. The SMILES string of the molecule is CC[C@H](C(=O)c1ccccc1)[C@H](O)c1ccc(-c2ccccc2)cc1. The van der Waals surface area contributed by atoms with Crippen molar-refractivity contribution >= 4 is 5.78 Å². The fourth-order valence-electron chi connectivity index (χ4n) is 3.10. The summed E-state index contributed by atoms with van der Waals surface area (Å²) in [6.07, 6.45) is -0.211. The molecule has 126 valence electrons. The van der Waals surface area contributed by atoms with Gasteiger partial charge in [-0.15, -0.1) is 0 Å². The first-order valence-electron chi connectivity index (χ1n) is 8.63. The summed E-state index contributed by atoms with van der Waals surface area (Å²) >= 11 is 0. The van der Waals surface area contributed by atoms with Crippen LogP contribution in [-0.2, 0) is 0 Å². The molecule has 0 saturated carbocycles. The first-order chi connectivity index (χ1) is 12.2. The smallest absolute Gasteiger partial charge is 0.168 e. The Morgan fingerprint density at radius 1 is 0.800 bits per heavy atom. The maximum atomic E-state index is 12.7. The van der Waals surface area contributed by atoms with E-state index in [1.54, 1.807) is 12.1 Å². The lowest BCUT2D eigenvalue weighted by Gasteiger charge is -2.21. The van der Waals surface area contributed by atoms with Crippen molar-refractivity contribution in [2.75, 3.05) is 0 Å². The molecule has 0 unspecified atom stereocenters. The number of carbonyl (C=O) groups excluding carboxylic acids is 1. The van der Waals surface area contributed by atoms with Gasteiger partial charge in [0.1, 0.15) is 0 Å². The highest BCUT2D eigenvalue weighted by Gasteiger charge is 2.27. The minimum Gasteiger partial charge on any atom is -0.388 e. The van der Waals surface area contributed by atoms with Crippen molar-refractivity contribution in [1.29, 1.82) is 0 Å². The van der Waals surface area contributed by atoms with Gasteiger partial charge in [-0.05, 0) is 23.1 Å². The maximum absolute atomic E-state index is 12.7. The second-order valence-corrected chi connectivity index (χ2v) is 6.18. The minimum absolute atomic E-state index is 0.0114. The van der Waals surface area contributed by atoms with E-state index in [0.29, 0.717) is 12.0 Å². The summed E-state index contributed by atoms with van der Waals surface area (Å²) in [6, 6.07) is 27.1. The van der Waals surface area contributed by atoms with Crippen molar-refractivity contribution in [1.82, 2.24) is 0 Å². The minimum atomic E-state index is -0.803. The lowest BCUT2D eigenvalue weighted by molar-refractivity contribution is 0.0667. The van der Waals surface area contributed by atoms with Crippen LogP contribution in [0, 0.1) is 5.92 Å². The average molecular weight is 330 g/mol. The van der Waals surface area contributed by atoms with E-state index in [9.17, 15) is 9.90 Å². The van der Waals surface area contributed by atoms with Crippen molar-refractivity contribution in [3.63, 3.8) is 0 Å². The molecule has 2 heteroatoms. The van der Waals surface area contributed by atoms with Crippen LogP contribution in [-0.4, -0.2) is 10.9 Å². The third-order valence-corrected chi connectivity index (χ3v) is 4.58. The standard InChI is InChI=1S/C23H22O2/c1-2-21(22(24)19-11-7-4-8-12-19)23(25)20-15-13-18(14-16-20)17-9-5-3-6-10-17/h3-16,21,23,25H,2H2,1H3/t21-,23-/m1/s1. The lowest BCUT2D eigenvalue weighted by Crippen LogP contribution is -2.22. The van der Waals surface area contributed by atoms with Crippen molar-refractivity contribution in [3.05, 3.63) is 96.1 Å². The molecule has 0 fully saturated rings. The number of rotatable bonds is 6. The molecule has 0 radical (unpaired) electrons. The summed E-state index contributed by atoms with van der Waals surface area (Å²) in [5, 5.41) is 10.8. The van der Waals surface area contributed by atoms with Crippen molar-refractivity contribution < 1.29 is 9.90 Å². The van der Waals surface area contributed by atoms with E-state index in [1.165, 1.54) is 0 Å². The van der Waals surface area contributed by atoms with E-state index in [2.05, 4.69) is 12.1 Å². The van der Waals surface area contributed by atoms with Crippen LogP contribution in [0.5, 0.6) is 0 Å². The van der Waals surface area contributed by atoms with E-state index in [0.717, 1.165) is 16.7 Å². The highest BCUT2D eigenvalue weighted by molar-refractivity contribution is 5.98. The molecular weight excluding hydrogens is 308 g/mol. The molecule has 1 N–H and O–H groups in total. The largest absolute Gasteiger partial charge is 0.388 e. The van der Waals surface area contributed by atoms with Crippen LogP contribution in [0.1, 0.15) is 35.4 Å². The van der Waals surface area contributed by atoms with Crippen LogP contribution in [0.2, 0.25) is 0 Å². The Bertz CT molecular complexity index is 808. The van der Waals surface area contributed by atoms with Crippen LogP contribution in [0.4, 0.5) is 0 Å². The molecule has 25 heavy (non-hydrogen) atoms. The molecule has 0 aliphatic rings. The van der Waals surface area contributed by atoms with E-state index in [4.69, 9.17) is 0 Å². The summed E-state index contributed by atoms with van der Waals surface area (Å²) in [4.78, 5) is 12.7. The van der Waals surface area contributed by atoms with Crippen LogP contribution in [0.25, 0.3) is 11.1 Å². The molecular formula is C23H22O2. The molecule has 0 aromatic heterocycles. The Labute approximate surface area is 148 Å². The predicted molar refractivity (Wildman–Crippen MR) is 101 cm³/mol. The average Bonchev–Trinajstić information content (AvgIpc) is 2.70. The first kappa shape index (κ1) is 17.1. The first-order valence-corrected chi connectivity index (χ1v) is 8.63. The molecule has 3 aromatic rings. The lowest BCUT2D eigenvalue weighted by atomic mass is 9.86. The third-order valence-electron chi connectivity index (χ3n) is 4.58. The molecule has 2 nitrogen and oxygen atoms in total. The Morgan fingerprint density at radius 3 is 1.88 bits per heavy atom. The molecule has 0 amide bonds. The molecule has 0 aliphatic heterocycles. The van der Waals surface area contributed by atoms with Gasteiger partial charge in [-0.3, -0.25) is 4.79 Å². The van der Waals surface area contributed by atoms with Crippen molar-refractivity contribution in [2.45, 2.75) is 19.4 Å². The normalized spacial score (nSPS) is 13.2. The zero-order valence-electron chi connectivity index (χ0n) is 14.3. The number of aliphatic hydroxyl groups is 1. The number of aliphatic hydroxyl groups excluding tert-OH is 1. The van der Waals surface area contributed by atoms with E-state index >= 15 is 0 Å². The van der Waals surface area contributed by atoms with Crippen LogP contribution in [0.15, 0.2) is 84.9 Å². The van der Waals surface area contributed by atoms with Gasteiger partial charge in [0.15, 0.2) is 5.78 Å². The Kier molecular flexibility index (Phi) is 5.42. The molecule has 3 aromatic carbocycles. The summed E-state index contributed by atoms with van der Waals surface area (Å²) in [6.45, 7) is 1.94. The van der Waals surface area contributed by atoms with Crippen molar-refractivity contribution in [3.8, 4) is 11.1 Å². The third kappa shape index (κ3) is 3.86. The van der Waals surface area contributed by atoms with E-state index in [1.807, 2.05) is 67.6 Å². The zero-order valence-corrected chi connectivity index (χ0v) is 14.3. The number of hydrogen-bond donors (Lipinski definition) is 1. The van der Waals surface area contributed by atoms with Gasteiger partial charge in [-0.1, -0.05) is 91.9 Å². The summed E-state index contributed by atoms with van der Waals surface area (Å²) in [7, 11) is 0. The molecule has 0 bridgehead atoms. The van der Waals surface area contributed by atoms with Gasteiger partial charge < -0.3 is 5.11 Å². The summed E-state index contributed by atoms with van der Waals surface area (Å²) < 4.78 is 0. The van der Waals surface area contributed by atoms with Crippen LogP contribution in [0.3, 0.4) is 0 Å². The molecule has 0 aliphatic carbocycles. The van der Waals surface area contributed by atoms with Gasteiger partial charge in [0.25, 0.3) is 0 Å². The molecule has 0 saturated heterocycles. The van der Waals surface area contributed by atoms with Crippen LogP contribution < -0.4 is 0 Å². The van der Waals surface area contributed by atoms with Gasteiger partial charge in [-0.25, -0.2) is 0 Å². The Hall–Kier alpha value is -2.71. The Morgan fingerprint density at radius 2 is 1.32 bits per heavy atom. The Balaban J connectivity index is 1.81. The second kappa shape index (κ2) is 7.91. The van der Waals surface area contributed by atoms with Gasteiger partial charge in [0.2, 0.25) is 0 Å². The number of benzene rings is 3. The topological polar surface area (TPSA) is 37.3 Å². The maximum Gasteiger partial charge on any atom is 0.168 e. The second-order valence-electron chi connectivity index (χ2n) is 6.18. The highest BCUT2D eigenvalue weighted by Crippen LogP contribution is 2.29. The number of hydrogen-bond acceptors (Lipinski definition) is 2. The van der Waals surface area contributed by atoms with E-state index < -0.39 is 12.0 Å². The number of Topliss-reactive ketones (excluding diaryl/α,β-unsaturated/α-hetero) is 1. The molecule has 2 atom stereocenters. The van der Waals surface area contributed by atoms with Crippen molar-refractivity contribution in [2.24, 2.45) is 5.92 Å². The highest BCUT2D eigenvalue weighted by atomic mass is 16.3. The summed E-state index contributed by atoms with van der Waals surface area (Å²) in [5.74, 6) is -0.451. The molecule has 3 rings (SSSR count). The summed E-state index contributed by atoms with van der Waals surface area (Å²) in [5.41, 5.74) is 3.65. The van der Waals surface area contributed by atoms with Crippen LogP contribution >= 0.6 is 0 Å². The van der Waals surface area contributed by atoms with Gasteiger partial charge in [-0.2, -0.15) is 0 Å².